The number of rotatable bonds is 0. The largest absolute Gasteiger partial charge is 0.453 e. The molecule has 6 rings (SSSR count). The van der Waals surface area contributed by atoms with E-state index in [1.54, 1.807) is 0 Å². The molecule has 6 heteroatoms. The Balaban J connectivity index is 1.87. The summed E-state index contributed by atoms with van der Waals surface area (Å²) in [6, 6.07) is 12.0. The third-order valence-corrected chi connectivity index (χ3v) is 4.53. The minimum absolute atomic E-state index is 0.154. The first kappa shape index (κ1) is 12.2. The van der Waals surface area contributed by atoms with Crippen molar-refractivity contribution >= 4 is 32.6 Å². The monoisotopic (exact) mass is 318 g/mol. The predicted molar refractivity (Wildman–Crippen MR) is 86.8 cm³/mol. The lowest BCUT2D eigenvalue weighted by Crippen LogP contribution is -1.96. The van der Waals surface area contributed by atoms with Gasteiger partial charge in [-0.1, -0.05) is 24.3 Å². The van der Waals surface area contributed by atoms with Crippen molar-refractivity contribution in [1.29, 1.82) is 0 Å². The van der Waals surface area contributed by atoms with E-state index < -0.39 is 0 Å². The van der Waals surface area contributed by atoms with Crippen LogP contribution >= 0.6 is 0 Å². The van der Waals surface area contributed by atoms with Crippen LogP contribution < -0.4 is 18.9 Å². The Hall–Kier alpha value is -3.28. The average Bonchev–Trinajstić information content (AvgIpc) is 3.29. The highest BCUT2D eigenvalue weighted by atomic mass is 16.7. The molecule has 3 heterocycles. The van der Waals surface area contributed by atoms with Crippen LogP contribution in [0.15, 0.2) is 36.4 Å². The zero-order valence-electron chi connectivity index (χ0n) is 12.4. The Morgan fingerprint density at radius 1 is 0.625 bits per heavy atom. The van der Waals surface area contributed by atoms with E-state index in [0.29, 0.717) is 23.0 Å². The number of fused-ring (bicyclic) bond motifs is 10. The maximum absolute atomic E-state index is 5.73. The summed E-state index contributed by atoms with van der Waals surface area (Å²) in [6.07, 6.45) is 0. The first-order chi connectivity index (χ1) is 11.9. The maximum Gasteiger partial charge on any atom is 0.231 e. The molecule has 0 radical (unpaired) electrons. The summed E-state index contributed by atoms with van der Waals surface area (Å²) in [6.45, 7) is 0.327. The van der Waals surface area contributed by atoms with Crippen molar-refractivity contribution in [2.45, 2.75) is 0 Å². The lowest BCUT2D eigenvalue weighted by molar-refractivity contribution is 0.158. The molecule has 0 saturated heterocycles. The number of benzene rings is 3. The smallest absolute Gasteiger partial charge is 0.231 e. The number of hydrogen-bond donors (Lipinski definition) is 0. The summed E-state index contributed by atoms with van der Waals surface area (Å²) < 4.78 is 22.6. The molecule has 0 fully saturated rings. The van der Waals surface area contributed by atoms with Gasteiger partial charge in [0.05, 0.1) is 10.9 Å². The lowest BCUT2D eigenvalue weighted by Gasteiger charge is -2.10. The molecule has 1 aromatic heterocycles. The molecule has 2 aliphatic rings. The van der Waals surface area contributed by atoms with Gasteiger partial charge in [-0.25, -0.2) is 0 Å². The molecule has 0 saturated carbocycles. The van der Waals surface area contributed by atoms with Crippen molar-refractivity contribution in [3.05, 3.63) is 36.4 Å². The average molecular weight is 318 g/mol. The lowest BCUT2D eigenvalue weighted by atomic mass is 10.0. The number of nitrogens with zero attached hydrogens (tertiary/aromatic N) is 2. The minimum atomic E-state index is 0.154. The van der Waals surface area contributed by atoms with Crippen LogP contribution in [0.5, 0.6) is 23.0 Å². The molecular formula is C18H10N2O4. The Morgan fingerprint density at radius 3 is 2.25 bits per heavy atom. The van der Waals surface area contributed by atoms with Crippen molar-refractivity contribution in [3.8, 4) is 23.0 Å². The van der Waals surface area contributed by atoms with Crippen molar-refractivity contribution in [3.63, 3.8) is 0 Å². The van der Waals surface area contributed by atoms with E-state index in [2.05, 4.69) is 10.2 Å². The second kappa shape index (κ2) is 4.17. The van der Waals surface area contributed by atoms with Crippen LogP contribution in [0.1, 0.15) is 0 Å². The summed E-state index contributed by atoms with van der Waals surface area (Å²) in [7, 11) is 0. The van der Waals surface area contributed by atoms with Crippen LogP contribution in [0.25, 0.3) is 32.6 Å². The summed E-state index contributed by atoms with van der Waals surface area (Å²) in [5.74, 6) is 2.50. The molecule has 3 aromatic carbocycles. The molecule has 0 aliphatic carbocycles. The first-order valence-electron chi connectivity index (χ1n) is 7.61. The molecular weight excluding hydrogens is 308 g/mol. The fourth-order valence-corrected chi connectivity index (χ4v) is 3.50. The topological polar surface area (TPSA) is 62.7 Å². The maximum atomic E-state index is 5.73. The zero-order chi connectivity index (χ0) is 15.7. The number of aromatic nitrogens is 2. The molecule has 2 aliphatic heterocycles. The Kier molecular flexibility index (Phi) is 2.12. The van der Waals surface area contributed by atoms with E-state index in [1.165, 1.54) is 0 Å². The van der Waals surface area contributed by atoms with Crippen LogP contribution in [-0.2, 0) is 0 Å². The van der Waals surface area contributed by atoms with Gasteiger partial charge >= 0.3 is 0 Å². The summed E-state index contributed by atoms with van der Waals surface area (Å²) in [4.78, 5) is 0. The molecule has 0 bridgehead atoms. The van der Waals surface area contributed by atoms with Gasteiger partial charge < -0.3 is 18.9 Å². The normalized spacial score (nSPS) is 14.8. The molecule has 0 spiro atoms. The van der Waals surface area contributed by atoms with Crippen molar-refractivity contribution < 1.29 is 18.9 Å². The standard InChI is InChI=1S/C18H10N2O4/c1-2-4-12-9(3-1)10-5-6-11-13(14(10)20-19-12)16-18(24-8-22-16)17-15(11)21-7-23-17/h1-6H,7-8H2. The number of ether oxygens (including phenoxy) is 4. The van der Waals surface area contributed by atoms with Crippen molar-refractivity contribution in [2.24, 2.45) is 0 Å². The highest BCUT2D eigenvalue weighted by Crippen LogP contribution is 2.56. The molecule has 6 nitrogen and oxygen atoms in total. The van der Waals surface area contributed by atoms with E-state index in [9.17, 15) is 0 Å². The zero-order valence-corrected chi connectivity index (χ0v) is 12.4. The van der Waals surface area contributed by atoms with Crippen LogP contribution in [-0.4, -0.2) is 23.8 Å². The van der Waals surface area contributed by atoms with Gasteiger partial charge in [0.2, 0.25) is 25.1 Å². The fourth-order valence-electron chi connectivity index (χ4n) is 3.50. The van der Waals surface area contributed by atoms with E-state index in [4.69, 9.17) is 18.9 Å². The summed E-state index contributed by atoms with van der Waals surface area (Å²) >= 11 is 0. The van der Waals surface area contributed by atoms with E-state index in [-0.39, 0.29) is 13.6 Å². The van der Waals surface area contributed by atoms with E-state index >= 15 is 0 Å². The van der Waals surface area contributed by atoms with Gasteiger partial charge in [-0.2, -0.15) is 0 Å². The van der Waals surface area contributed by atoms with Gasteiger partial charge in [-0.3, -0.25) is 0 Å². The SMILES string of the molecule is c1ccc2c(c1)nnc1c2ccc2c3c(c4c(c21)OCO4)OCO3. The minimum Gasteiger partial charge on any atom is -0.453 e. The predicted octanol–water partition coefficient (Wildman–Crippen LogP) is 3.39. The molecule has 4 aromatic rings. The first-order valence-corrected chi connectivity index (χ1v) is 7.61. The quantitative estimate of drug-likeness (QED) is 0.463. The molecule has 0 amide bonds. The van der Waals surface area contributed by atoms with Gasteiger partial charge in [-0.15, -0.1) is 10.2 Å². The van der Waals surface area contributed by atoms with E-state index in [1.807, 2.05) is 36.4 Å². The second-order valence-corrected chi connectivity index (χ2v) is 5.73. The molecule has 116 valence electrons. The van der Waals surface area contributed by atoms with Crippen LogP contribution in [0.3, 0.4) is 0 Å². The Morgan fingerprint density at radius 2 is 1.33 bits per heavy atom. The summed E-state index contributed by atoms with van der Waals surface area (Å²) in [5, 5.41) is 12.6. The Bertz CT molecular complexity index is 1170. The highest BCUT2D eigenvalue weighted by molar-refractivity contribution is 6.18. The number of hydrogen-bond acceptors (Lipinski definition) is 6. The van der Waals surface area contributed by atoms with Crippen LogP contribution in [0, 0.1) is 0 Å². The third kappa shape index (κ3) is 1.36. The molecule has 0 N–H and O–H groups in total. The summed E-state index contributed by atoms with van der Waals surface area (Å²) in [5.41, 5.74) is 1.63. The van der Waals surface area contributed by atoms with Gasteiger partial charge in [0.25, 0.3) is 0 Å². The van der Waals surface area contributed by atoms with Crippen LogP contribution in [0.4, 0.5) is 0 Å². The van der Waals surface area contributed by atoms with Crippen molar-refractivity contribution in [2.75, 3.05) is 13.6 Å². The van der Waals surface area contributed by atoms with Gasteiger partial charge in [0.1, 0.15) is 5.52 Å². The van der Waals surface area contributed by atoms with Gasteiger partial charge in [0, 0.05) is 16.2 Å². The second-order valence-electron chi connectivity index (χ2n) is 5.73. The Labute approximate surface area is 135 Å². The third-order valence-electron chi connectivity index (χ3n) is 4.53. The molecule has 0 unspecified atom stereocenters. The molecule has 0 atom stereocenters. The fraction of sp³-hybridized carbons (Fsp3) is 0.111. The van der Waals surface area contributed by atoms with E-state index in [0.717, 1.165) is 32.6 Å². The van der Waals surface area contributed by atoms with Crippen LogP contribution in [0.2, 0.25) is 0 Å². The van der Waals surface area contributed by atoms with Crippen molar-refractivity contribution in [1.82, 2.24) is 10.2 Å². The van der Waals surface area contributed by atoms with Gasteiger partial charge in [-0.05, 0) is 12.1 Å². The van der Waals surface area contributed by atoms with Gasteiger partial charge in [0.15, 0.2) is 11.5 Å². The molecule has 24 heavy (non-hydrogen) atoms. The highest BCUT2D eigenvalue weighted by Gasteiger charge is 2.32.